The molecule has 1 amide bonds. The molecule has 1 atom stereocenters. The number of amides is 1. The van der Waals surface area contributed by atoms with Gasteiger partial charge in [0.25, 0.3) is 5.91 Å². The number of fused-ring (bicyclic) bond motifs is 1. The minimum absolute atomic E-state index is 0.110. The standard InChI is InChI=1S/C16H18N6OS/c1-21-9-13(18-10-21)15(23)19-11-3-2-6-22(8-11)16-20-12-7-17-5-4-14(12)24-16/h4-5,7,9-11H,2-3,6,8H2,1H3,(H,19,23). The number of anilines is 1. The average molecular weight is 342 g/mol. The lowest BCUT2D eigenvalue weighted by molar-refractivity contribution is 0.0928. The van der Waals surface area contributed by atoms with Crippen LogP contribution in [0.5, 0.6) is 0 Å². The van der Waals surface area contributed by atoms with Crippen molar-refractivity contribution >= 4 is 32.6 Å². The Hall–Kier alpha value is -2.48. The third-order valence-electron chi connectivity index (χ3n) is 4.14. The fraction of sp³-hybridized carbons (Fsp3) is 0.375. The summed E-state index contributed by atoms with van der Waals surface area (Å²) in [5.41, 5.74) is 1.39. The summed E-state index contributed by atoms with van der Waals surface area (Å²) in [4.78, 5) is 27.4. The zero-order valence-corrected chi connectivity index (χ0v) is 14.2. The average Bonchev–Trinajstić information content (AvgIpc) is 3.21. The molecule has 1 unspecified atom stereocenters. The Bertz CT molecular complexity index is 839. The number of carbonyl (C=O) groups excluding carboxylic acids is 1. The van der Waals surface area contributed by atoms with E-state index in [0.29, 0.717) is 5.69 Å². The quantitative estimate of drug-likeness (QED) is 0.786. The van der Waals surface area contributed by atoms with Crippen molar-refractivity contribution in [3.63, 3.8) is 0 Å². The first-order valence-electron chi connectivity index (χ1n) is 7.93. The molecule has 3 aromatic heterocycles. The van der Waals surface area contributed by atoms with E-state index < -0.39 is 0 Å². The molecule has 24 heavy (non-hydrogen) atoms. The van der Waals surface area contributed by atoms with Gasteiger partial charge in [-0.1, -0.05) is 11.3 Å². The number of imidazole rings is 1. The third kappa shape index (κ3) is 2.96. The van der Waals surface area contributed by atoms with Crippen LogP contribution in [-0.4, -0.2) is 44.6 Å². The third-order valence-corrected chi connectivity index (χ3v) is 5.24. The summed E-state index contributed by atoms with van der Waals surface area (Å²) in [5.74, 6) is -0.115. The summed E-state index contributed by atoms with van der Waals surface area (Å²) in [7, 11) is 1.86. The number of aromatic nitrogens is 4. The minimum atomic E-state index is -0.115. The van der Waals surface area contributed by atoms with Crippen LogP contribution >= 0.6 is 11.3 Å². The maximum Gasteiger partial charge on any atom is 0.271 e. The summed E-state index contributed by atoms with van der Waals surface area (Å²) in [6, 6.07) is 2.10. The summed E-state index contributed by atoms with van der Waals surface area (Å²) < 4.78 is 2.91. The zero-order valence-electron chi connectivity index (χ0n) is 13.3. The topological polar surface area (TPSA) is 75.9 Å². The molecule has 124 valence electrons. The van der Waals surface area contributed by atoms with Gasteiger partial charge in [0.05, 0.1) is 17.2 Å². The van der Waals surface area contributed by atoms with E-state index in [1.807, 2.05) is 13.1 Å². The molecular formula is C16H18N6OS. The van der Waals surface area contributed by atoms with E-state index in [1.165, 1.54) is 0 Å². The van der Waals surface area contributed by atoms with E-state index >= 15 is 0 Å². The molecule has 1 N–H and O–H groups in total. The summed E-state index contributed by atoms with van der Waals surface area (Å²) in [6.45, 7) is 1.73. The fourth-order valence-electron chi connectivity index (χ4n) is 2.96. The van der Waals surface area contributed by atoms with Crippen molar-refractivity contribution in [2.24, 2.45) is 7.05 Å². The summed E-state index contributed by atoms with van der Waals surface area (Å²) >= 11 is 1.67. The molecule has 1 aliphatic rings. The van der Waals surface area contributed by atoms with E-state index in [4.69, 9.17) is 0 Å². The number of piperidine rings is 1. The Morgan fingerprint density at radius 1 is 1.46 bits per heavy atom. The van der Waals surface area contributed by atoms with Crippen LogP contribution in [0.3, 0.4) is 0 Å². The molecule has 3 aromatic rings. The SMILES string of the molecule is Cn1cnc(C(=O)NC2CCCN(c3nc4cnccc4s3)C2)c1. The second-order valence-electron chi connectivity index (χ2n) is 6.02. The van der Waals surface area contributed by atoms with Crippen LogP contribution in [0.4, 0.5) is 5.13 Å². The van der Waals surface area contributed by atoms with Crippen molar-refractivity contribution in [3.8, 4) is 0 Å². The van der Waals surface area contributed by atoms with Gasteiger partial charge in [-0.3, -0.25) is 9.78 Å². The summed E-state index contributed by atoms with van der Waals surface area (Å²) in [6.07, 6.45) is 8.95. The Morgan fingerprint density at radius 2 is 2.38 bits per heavy atom. The molecule has 4 rings (SSSR count). The molecule has 7 nitrogen and oxygen atoms in total. The van der Waals surface area contributed by atoms with Crippen LogP contribution in [0.2, 0.25) is 0 Å². The van der Waals surface area contributed by atoms with Crippen LogP contribution in [0.1, 0.15) is 23.3 Å². The van der Waals surface area contributed by atoms with Gasteiger partial charge in [0.1, 0.15) is 11.2 Å². The van der Waals surface area contributed by atoms with Crippen LogP contribution in [0, 0.1) is 0 Å². The van der Waals surface area contributed by atoms with Gasteiger partial charge >= 0.3 is 0 Å². The van der Waals surface area contributed by atoms with E-state index in [1.54, 1.807) is 40.8 Å². The number of carbonyl (C=O) groups is 1. The number of nitrogens with zero attached hydrogens (tertiary/aromatic N) is 5. The van der Waals surface area contributed by atoms with Gasteiger partial charge in [0.15, 0.2) is 5.13 Å². The monoisotopic (exact) mass is 342 g/mol. The highest BCUT2D eigenvalue weighted by Crippen LogP contribution is 2.29. The maximum absolute atomic E-state index is 12.3. The highest BCUT2D eigenvalue weighted by molar-refractivity contribution is 7.22. The predicted octanol–water partition coefficient (Wildman–Crippen LogP) is 1.82. The highest BCUT2D eigenvalue weighted by Gasteiger charge is 2.24. The van der Waals surface area contributed by atoms with Gasteiger partial charge in [-0.15, -0.1) is 0 Å². The van der Waals surface area contributed by atoms with Crippen molar-refractivity contribution in [1.82, 2.24) is 24.8 Å². The Morgan fingerprint density at radius 3 is 3.17 bits per heavy atom. The Kier molecular flexibility index (Phi) is 3.89. The number of nitrogens with one attached hydrogen (secondary N) is 1. The Labute approximate surface area is 143 Å². The fourth-order valence-corrected chi connectivity index (χ4v) is 3.93. The van der Waals surface area contributed by atoms with Gasteiger partial charge in [-0.25, -0.2) is 9.97 Å². The van der Waals surface area contributed by atoms with Crippen LogP contribution in [-0.2, 0) is 7.05 Å². The minimum Gasteiger partial charge on any atom is -0.346 e. The molecule has 0 aromatic carbocycles. The largest absolute Gasteiger partial charge is 0.346 e. The molecule has 0 aliphatic carbocycles. The van der Waals surface area contributed by atoms with Gasteiger partial charge in [-0.2, -0.15) is 0 Å². The molecule has 0 saturated carbocycles. The normalized spacial score (nSPS) is 18.0. The van der Waals surface area contributed by atoms with E-state index in [-0.39, 0.29) is 11.9 Å². The van der Waals surface area contributed by atoms with E-state index in [2.05, 4.69) is 25.2 Å². The molecule has 8 heteroatoms. The smallest absolute Gasteiger partial charge is 0.271 e. The lowest BCUT2D eigenvalue weighted by atomic mass is 10.1. The van der Waals surface area contributed by atoms with Crippen molar-refractivity contribution in [2.75, 3.05) is 18.0 Å². The first kappa shape index (κ1) is 15.1. The lowest BCUT2D eigenvalue weighted by Crippen LogP contribution is -2.47. The highest BCUT2D eigenvalue weighted by atomic mass is 32.1. The number of thiazole rings is 1. The number of aryl methyl sites for hydroxylation is 1. The van der Waals surface area contributed by atoms with Gasteiger partial charge in [-0.05, 0) is 18.9 Å². The van der Waals surface area contributed by atoms with Crippen molar-refractivity contribution < 1.29 is 4.79 Å². The second kappa shape index (κ2) is 6.20. The van der Waals surface area contributed by atoms with Crippen LogP contribution in [0.25, 0.3) is 10.2 Å². The van der Waals surface area contributed by atoms with Crippen molar-refractivity contribution in [1.29, 1.82) is 0 Å². The second-order valence-corrected chi connectivity index (χ2v) is 7.03. The zero-order chi connectivity index (χ0) is 16.5. The summed E-state index contributed by atoms with van der Waals surface area (Å²) in [5, 5.41) is 4.09. The predicted molar refractivity (Wildman–Crippen MR) is 93.3 cm³/mol. The number of hydrogen-bond donors (Lipinski definition) is 1. The number of hydrogen-bond acceptors (Lipinski definition) is 6. The van der Waals surface area contributed by atoms with Crippen LogP contribution < -0.4 is 10.2 Å². The number of pyridine rings is 1. The van der Waals surface area contributed by atoms with E-state index in [0.717, 1.165) is 41.3 Å². The van der Waals surface area contributed by atoms with E-state index in [9.17, 15) is 4.79 Å². The molecule has 1 saturated heterocycles. The van der Waals surface area contributed by atoms with Crippen molar-refractivity contribution in [3.05, 3.63) is 36.7 Å². The molecule has 1 fully saturated rings. The Balaban J connectivity index is 1.46. The molecule has 0 bridgehead atoms. The number of rotatable bonds is 3. The first-order chi connectivity index (χ1) is 11.7. The molecule has 4 heterocycles. The first-order valence-corrected chi connectivity index (χ1v) is 8.75. The van der Waals surface area contributed by atoms with Gasteiger partial charge in [0.2, 0.25) is 0 Å². The molecule has 0 radical (unpaired) electrons. The van der Waals surface area contributed by atoms with Crippen LogP contribution in [0.15, 0.2) is 31.0 Å². The lowest BCUT2D eigenvalue weighted by Gasteiger charge is -2.32. The molecule has 1 aliphatic heterocycles. The van der Waals surface area contributed by atoms with Gasteiger partial charge in [0, 0.05) is 38.6 Å². The van der Waals surface area contributed by atoms with Gasteiger partial charge < -0.3 is 14.8 Å². The molecule has 0 spiro atoms. The molecular weight excluding hydrogens is 324 g/mol. The van der Waals surface area contributed by atoms with Crippen molar-refractivity contribution in [2.45, 2.75) is 18.9 Å². The maximum atomic E-state index is 12.3.